The van der Waals surface area contributed by atoms with Crippen LogP contribution in [0.15, 0.2) is 42.5 Å². The highest BCUT2D eigenvalue weighted by Gasteiger charge is 2.14. The van der Waals surface area contributed by atoms with Crippen LogP contribution >= 0.6 is 22.6 Å². The van der Waals surface area contributed by atoms with Crippen LogP contribution in [0.3, 0.4) is 0 Å². The molecule has 3 N–H and O–H groups in total. The van der Waals surface area contributed by atoms with E-state index in [9.17, 15) is 8.78 Å². The van der Waals surface area contributed by atoms with E-state index in [1.165, 1.54) is 12.1 Å². The fourth-order valence-electron chi connectivity index (χ4n) is 1.78. The molecule has 0 amide bonds. The maximum atomic E-state index is 13.2. The van der Waals surface area contributed by atoms with Crippen LogP contribution in [0.2, 0.25) is 0 Å². The zero-order valence-electron chi connectivity index (χ0n) is 9.33. The Hall–Kier alpha value is -1.05. The topological polar surface area (TPSA) is 38.0 Å². The van der Waals surface area contributed by atoms with Gasteiger partial charge in [-0.25, -0.2) is 14.2 Å². The van der Waals surface area contributed by atoms with Gasteiger partial charge < -0.3 is 0 Å². The summed E-state index contributed by atoms with van der Waals surface area (Å²) in [5, 5.41) is 0. The molecule has 1 unspecified atom stereocenters. The zero-order valence-corrected chi connectivity index (χ0v) is 11.5. The minimum absolute atomic E-state index is 0.438. The van der Waals surface area contributed by atoms with Gasteiger partial charge in [-0.3, -0.25) is 5.84 Å². The number of hydrogen-bond acceptors (Lipinski definition) is 2. The number of rotatable bonds is 3. The number of nitrogens with two attached hydrogens (primary N) is 1. The first kappa shape index (κ1) is 13.4. The van der Waals surface area contributed by atoms with Crippen LogP contribution in [0.4, 0.5) is 8.78 Å². The van der Waals surface area contributed by atoms with Crippen molar-refractivity contribution >= 4 is 22.6 Å². The molecule has 0 bridgehead atoms. The second-order valence-electron chi connectivity index (χ2n) is 3.85. The normalized spacial score (nSPS) is 12.4. The third-order valence-electron chi connectivity index (χ3n) is 2.59. The van der Waals surface area contributed by atoms with Crippen molar-refractivity contribution in [2.24, 2.45) is 5.84 Å². The highest BCUT2D eigenvalue weighted by atomic mass is 127. The van der Waals surface area contributed by atoms with Gasteiger partial charge in [-0.1, -0.05) is 12.1 Å². The molecule has 1 atom stereocenters. The zero-order chi connectivity index (χ0) is 13.1. The molecule has 0 saturated carbocycles. The van der Waals surface area contributed by atoms with Crippen LogP contribution in [0.1, 0.15) is 17.2 Å². The Morgan fingerprint density at radius 3 is 2.00 bits per heavy atom. The van der Waals surface area contributed by atoms with Crippen molar-refractivity contribution in [2.75, 3.05) is 0 Å². The maximum Gasteiger partial charge on any atom is 0.126 e. The van der Waals surface area contributed by atoms with Gasteiger partial charge >= 0.3 is 0 Å². The molecule has 0 aliphatic carbocycles. The molecule has 0 saturated heterocycles. The molecule has 2 aromatic carbocycles. The lowest BCUT2D eigenvalue weighted by Gasteiger charge is -2.17. The third-order valence-corrected chi connectivity index (χ3v) is 3.31. The monoisotopic (exact) mass is 360 g/mol. The van der Waals surface area contributed by atoms with Crippen molar-refractivity contribution in [3.63, 3.8) is 0 Å². The van der Waals surface area contributed by atoms with Crippen molar-refractivity contribution in [2.45, 2.75) is 6.04 Å². The molecule has 0 aliphatic rings. The van der Waals surface area contributed by atoms with Gasteiger partial charge in [0.1, 0.15) is 11.6 Å². The van der Waals surface area contributed by atoms with Gasteiger partial charge in [0.2, 0.25) is 0 Å². The minimum Gasteiger partial charge on any atom is -0.271 e. The highest BCUT2D eigenvalue weighted by Crippen LogP contribution is 2.23. The van der Waals surface area contributed by atoms with E-state index in [2.05, 4.69) is 28.0 Å². The molecule has 2 rings (SSSR count). The van der Waals surface area contributed by atoms with Gasteiger partial charge in [0, 0.05) is 9.64 Å². The molecule has 0 aromatic heterocycles. The van der Waals surface area contributed by atoms with Crippen molar-refractivity contribution in [3.05, 3.63) is 68.8 Å². The Kier molecular flexibility index (Phi) is 4.26. The lowest BCUT2D eigenvalue weighted by atomic mass is 9.99. The summed E-state index contributed by atoms with van der Waals surface area (Å²) in [5.41, 5.74) is 3.88. The summed E-state index contributed by atoms with van der Waals surface area (Å²) >= 11 is 2.19. The van der Waals surface area contributed by atoms with Gasteiger partial charge in [0.05, 0.1) is 6.04 Å². The first-order valence-corrected chi connectivity index (χ1v) is 6.35. The van der Waals surface area contributed by atoms with Crippen molar-refractivity contribution in [1.29, 1.82) is 0 Å². The summed E-state index contributed by atoms with van der Waals surface area (Å²) in [7, 11) is 0. The molecule has 2 nitrogen and oxygen atoms in total. The highest BCUT2D eigenvalue weighted by molar-refractivity contribution is 14.1. The number of halogens is 3. The number of hydrazine groups is 1. The number of hydrogen-bond donors (Lipinski definition) is 2. The molecule has 0 heterocycles. The summed E-state index contributed by atoms with van der Waals surface area (Å²) in [5.74, 6) is 4.25. The van der Waals surface area contributed by atoms with E-state index in [4.69, 9.17) is 5.84 Å². The third kappa shape index (κ3) is 3.04. The quantitative estimate of drug-likeness (QED) is 0.502. The van der Waals surface area contributed by atoms with Gasteiger partial charge in [-0.05, 0) is 58.0 Å². The second kappa shape index (κ2) is 5.73. The van der Waals surface area contributed by atoms with E-state index in [-0.39, 0.29) is 0 Å². The molecule has 5 heteroatoms. The number of nitrogens with one attached hydrogen (secondary N) is 1. The predicted molar refractivity (Wildman–Crippen MR) is 74.7 cm³/mol. The Bertz CT molecular complexity index is 523. The van der Waals surface area contributed by atoms with E-state index < -0.39 is 17.7 Å². The fourth-order valence-corrected chi connectivity index (χ4v) is 2.14. The summed E-state index contributed by atoms with van der Waals surface area (Å²) in [6.07, 6.45) is 0. The standard InChI is InChI=1S/C13H11F2IN2/c14-10-5-9(6-11(15)7-10)13(18-17)8-1-3-12(16)4-2-8/h1-7,13,18H,17H2. The van der Waals surface area contributed by atoms with Gasteiger partial charge in [0.15, 0.2) is 0 Å². The van der Waals surface area contributed by atoms with Crippen LogP contribution < -0.4 is 11.3 Å². The van der Waals surface area contributed by atoms with Crippen LogP contribution in [0, 0.1) is 15.2 Å². The average Bonchev–Trinajstić information content (AvgIpc) is 2.31. The maximum absolute atomic E-state index is 13.2. The largest absolute Gasteiger partial charge is 0.271 e. The van der Waals surface area contributed by atoms with Gasteiger partial charge in [0.25, 0.3) is 0 Å². The van der Waals surface area contributed by atoms with E-state index >= 15 is 0 Å². The minimum atomic E-state index is -0.615. The van der Waals surface area contributed by atoms with E-state index in [1.807, 2.05) is 24.3 Å². The lowest BCUT2D eigenvalue weighted by molar-refractivity contribution is 0.566. The van der Waals surface area contributed by atoms with E-state index in [0.717, 1.165) is 15.2 Å². The first-order chi connectivity index (χ1) is 8.60. The lowest BCUT2D eigenvalue weighted by Crippen LogP contribution is -2.29. The Morgan fingerprint density at radius 1 is 0.944 bits per heavy atom. The van der Waals surface area contributed by atoms with Crippen LogP contribution in [0.25, 0.3) is 0 Å². The molecule has 18 heavy (non-hydrogen) atoms. The summed E-state index contributed by atoms with van der Waals surface area (Å²) in [4.78, 5) is 0. The second-order valence-corrected chi connectivity index (χ2v) is 5.10. The Balaban J connectivity index is 2.41. The molecule has 0 fully saturated rings. The summed E-state index contributed by atoms with van der Waals surface area (Å²) in [6.45, 7) is 0. The fraction of sp³-hybridized carbons (Fsp3) is 0.0769. The molecule has 0 aliphatic heterocycles. The summed E-state index contributed by atoms with van der Waals surface area (Å²) in [6, 6.07) is 10.5. The average molecular weight is 360 g/mol. The molecular formula is C13H11F2IN2. The van der Waals surface area contributed by atoms with Crippen molar-refractivity contribution in [3.8, 4) is 0 Å². The van der Waals surface area contributed by atoms with Crippen LogP contribution in [-0.2, 0) is 0 Å². The van der Waals surface area contributed by atoms with Gasteiger partial charge in [-0.2, -0.15) is 0 Å². The van der Waals surface area contributed by atoms with Gasteiger partial charge in [-0.15, -0.1) is 0 Å². The Morgan fingerprint density at radius 2 is 1.50 bits per heavy atom. The first-order valence-electron chi connectivity index (χ1n) is 5.28. The van der Waals surface area contributed by atoms with Crippen molar-refractivity contribution in [1.82, 2.24) is 5.43 Å². The van der Waals surface area contributed by atoms with E-state index in [0.29, 0.717) is 5.56 Å². The smallest absolute Gasteiger partial charge is 0.126 e. The molecule has 0 radical (unpaired) electrons. The Labute approximate surface area is 117 Å². The summed E-state index contributed by atoms with van der Waals surface area (Å²) < 4.78 is 27.5. The SMILES string of the molecule is NNC(c1ccc(I)cc1)c1cc(F)cc(F)c1. The van der Waals surface area contributed by atoms with Crippen molar-refractivity contribution < 1.29 is 8.78 Å². The van der Waals surface area contributed by atoms with E-state index in [1.54, 1.807) is 0 Å². The molecule has 0 spiro atoms. The van der Waals surface area contributed by atoms with Crippen LogP contribution in [0.5, 0.6) is 0 Å². The predicted octanol–water partition coefficient (Wildman–Crippen LogP) is 3.12. The molecular weight excluding hydrogens is 349 g/mol. The molecule has 2 aromatic rings. The van der Waals surface area contributed by atoms with Crippen LogP contribution in [-0.4, -0.2) is 0 Å². The number of benzene rings is 2. The molecule has 94 valence electrons.